The minimum absolute atomic E-state index is 0.0440. The molecule has 1 aromatic rings. The number of hydrogen-bond acceptors (Lipinski definition) is 1. The third-order valence-corrected chi connectivity index (χ3v) is 1.34. The molecule has 0 unspecified atom stereocenters. The summed E-state index contributed by atoms with van der Waals surface area (Å²) in [7, 11) is 0. The zero-order chi connectivity index (χ0) is 6.85. The van der Waals surface area contributed by atoms with Crippen molar-refractivity contribution in [2.24, 2.45) is 0 Å². The van der Waals surface area contributed by atoms with Gasteiger partial charge in [-0.1, -0.05) is 23.8 Å². The predicted octanol–water partition coefficient (Wildman–Crippen LogP) is 2.54. The van der Waals surface area contributed by atoms with Gasteiger partial charge in [-0.3, -0.25) is 0 Å². The second-order valence-electron chi connectivity index (χ2n) is 1.48. The Morgan fingerprint density at radius 3 is 2.67 bits per heavy atom. The zero-order valence-electron chi connectivity index (χ0n) is 4.32. The highest BCUT2D eigenvalue weighted by atomic mass is 35.5. The average Bonchev–Trinajstić information content (AvgIpc) is 1.80. The third-order valence-electron chi connectivity index (χ3n) is 0.826. The number of pyridine rings is 1. The zero-order valence-corrected chi connectivity index (χ0v) is 5.89. The van der Waals surface area contributed by atoms with Gasteiger partial charge in [0.05, 0.1) is 0 Å². The predicted molar refractivity (Wildman–Crippen MR) is 36.6 cm³/mol. The summed E-state index contributed by atoms with van der Waals surface area (Å²) in [5, 5.41) is 0.349. The van der Waals surface area contributed by atoms with Gasteiger partial charge in [-0.2, -0.15) is 0 Å². The van der Waals surface area contributed by atoms with Crippen molar-refractivity contribution in [1.82, 2.24) is 4.98 Å². The van der Waals surface area contributed by atoms with E-state index < -0.39 is 5.82 Å². The molecule has 0 aliphatic carbocycles. The van der Waals surface area contributed by atoms with Crippen LogP contribution < -0.4 is 0 Å². The molecule has 0 atom stereocenters. The van der Waals surface area contributed by atoms with E-state index >= 15 is 0 Å². The normalized spacial score (nSPS) is 9.56. The SMILES string of the molecule is Fc1ccc(Cl)[nH]c1=S. The maximum Gasteiger partial charge on any atom is 0.157 e. The van der Waals surface area contributed by atoms with Crippen LogP contribution in [0, 0.1) is 10.5 Å². The number of aromatic nitrogens is 1. The van der Waals surface area contributed by atoms with Crippen LogP contribution >= 0.6 is 23.8 Å². The molecule has 0 radical (unpaired) electrons. The summed E-state index contributed by atoms with van der Waals surface area (Å²) >= 11 is 9.95. The molecule has 0 saturated carbocycles. The van der Waals surface area contributed by atoms with Gasteiger partial charge >= 0.3 is 0 Å². The maximum absolute atomic E-state index is 12.3. The second kappa shape index (κ2) is 2.45. The lowest BCUT2D eigenvalue weighted by molar-refractivity contribution is 0.616. The van der Waals surface area contributed by atoms with Crippen molar-refractivity contribution in [2.45, 2.75) is 0 Å². The number of nitrogens with one attached hydrogen (secondary N) is 1. The second-order valence-corrected chi connectivity index (χ2v) is 2.30. The lowest BCUT2D eigenvalue weighted by Gasteiger charge is -1.88. The van der Waals surface area contributed by atoms with Gasteiger partial charge in [-0.15, -0.1) is 0 Å². The molecule has 48 valence electrons. The molecule has 9 heavy (non-hydrogen) atoms. The molecule has 0 fully saturated rings. The van der Waals surface area contributed by atoms with E-state index in [1.165, 1.54) is 12.1 Å². The minimum atomic E-state index is -0.450. The van der Waals surface area contributed by atoms with Gasteiger partial charge in [0.25, 0.3) is 0 Å². The molecule has 1 aromatic heterocycles. The first-order chi connectivity index (χ1) is 4.20. The Labute approximate surface area is 61.5 Å². The van der Waals surface area contributed by atoms with E-state index in [9.17, 15) is 4.39 Å². The van der Waals surface area contributed by atoms with Crippen LogP contribution in [0.2, 0.25) is 5.15 Å². The Bertz CT molecular complexity index is 270. The molecule has 0 bridgehead atoms. The highest BCUT2D eigenvalue weighted by Gasteiger charge is 1.91. The molecular weight excluding hydrogens is 161 g/mol. The Balaban J connectivity index is 3.34. The lowest BCUT2D eigenvalue weighted by atomic mass is 10.5. The molecule has 1 nitrogen and oxygen atoms in total. The maximum atomic E-state index is 12.3. The molecule has 0 aliphatic heterocycles. The average molecular weight is 164 g/mol. The summed E-state index contributed by atoms with van der Waals surface area (Å²) in [6.45, 7) is 0. The molecule has 1 heterocycles. The molecule has 4 heteroatoms. The van der Waals surface area contributed by atoms with E-state index in [4.69, 9.17) is 11.6 Å². The Morgan fingerprint density at radius 2 is 2.22 bits per heavy atom. The van der Waals surface area contributed by atoms with Crippen molar-refractivity contribution in [1.29, 1.82) is 0 Å². The molecule has 0 amide bonds. The number of H-pyrrole nitrogens is 1. The van der Waals surface area contributed by atoms with Crippen LogP contribution in [-0.4, -0.2) is 4.98 Å². The summed E-state index contributed by atoms with van der Waals surface area (Å²) in [6.07, 6.45) is 0. The first kappa shape index (κ1) is 6.71. The first-order valence-electron chi connectivity index (χ1n) is 2.24. The number of rotatable bonds is 0. The van der Waals surface area contributed by atoms with Gasteiger partial charge in [0.1, 0.15) is 9.79 Å². The van der Waals surface area contributed by atoms with Crippen LogP contribution in [0.15, 0.2) is 12.1 Å². The van der Waals surface area contributed by atoms with Gasteiger partial charge in [0.15, 0.2) is 5.82 Å². The minimum Gasteiger partial charge on any atom is -0.335 e. The molecule has 0 aromatic carbocycles. The standard InChI is InChI=1S/C5H3ClFNS/c6-4-2-1-3(7)5(9)8-4/h1-2H,(H,8,9). The molecule has 1 rings (SSSR count). The van der Waals surface area contributed by atoms with Crippen LogP contribution in [-0.2, 0) is 0 Å². The molecule has 0 aliphatic rings. The van der Waals surface area contributed by atoms with Crippen molar-refractivity contribution < 1.29 is 4.39 Å². The Hall–Kier alpha value is -0.410. The van der Waals surface area contributed by atoms with Crippen LogP contribution in [0.4, 0.5) is 4.39 Å². The van der Waals surface area contributed by atoms with E-state index in [1.54, 1.807) is 0 Å². The van der Waals surface area contributed by atoms with Gasteiger partial charge in [0.2, 0.25) is 0 Å². The largest absolute Gasteiger partial charge is 0.335 e. The monoisotopic (exact) mass is 163 g/mol. The van der Waals surface area contributed by atoms with Gasteiger partial charge in [0, 0.05) is 0 Å². The molecule has 0 spiro atoms. The summed E-state index contributed by atoms with van der Waals surface area (Å²) in [5.74, 6) is -0.450. The highest BCUT2D eigenvalue weighted by Crippen LogP contribution is 2.05. The Morgan fingerprint density at radius 1 is 1.56 bits per heavy atom. The number of aromatic amines is 1. The van der Waals surface area contributed by atoms with E-state index in [0.717, 1.165) is 0 Å². The molecule has 1 N–H and O–H groups in total. The van der Waals surface area contributed by atoms with E-state index in [2.05, 4.69) is 17.2 Å². The molecular formula is C5H3ClFNS. The van der Waals surface area contributed by atoms with Gasteiger partial charge in [-0.05, 0) is 12.1 Å². The van der Waals surface area contributed by atoms with Crippen LogP contribution in [0.25, 0.3) is 0 Å². The highest BCUT2D eigenvalue weighted by molar-refractivity contribution is 7.71. The first-order valence-corrected chi connectivity index (χ1v) is 3.03. The summed E-state index contributed by atoms with van der Waals surface area (Å²) in [5.41, 5.74) is 0. The lowest BCUT2D eigenvalue weighted by Crippen LogP contribution is -1.79. The van der Waals surface area contributed by atoms with E-state index in [1.807, 2.05) is 0 Å². The van der Waals surface area contributed by atoms with Gasteiger partial charge in [-0.25, -0.2) is 4.39 Å². The fourth-order valence-corrected chi connectivity index (χ4v) is 0.823. The van der Waals surface area contributed by atoms with Crippen molar-refractivity contribution in [3.63, 3.8) is 0 Å². The van der Waals surface area contributed by atoms with Crippen LogP contribution in [0.5, 0.6) is 0 Å². The van der Waals surface area contributed by atoms with Crippen molar-refractivity contribution in [3.05, 3.63) is 27.7 Å². The number of hydrogen-bond donors (Lipinski definition) is 1. The van der Waals surface area contributed by atoms with Crippen LogP contribution in [0.3, 0.4) is 0 Å². The van der Waals surface area contributed by atoms with E-state index in [0.29, 0.717) is 5.15 Å². The quantitative estimate of drug-likeness (QED) is 0.459. The van der Waals surface area contributed by atoms with E-state index in [-0.39, 0.29) is 4.64 Å². The fraction of sp³-hybridized carbons (Fsp3) is 0. The van der Waals surface area contributed by atoms with Gasteiger partial charge < -0.3 is 4.98 Å². The topological polar surface area (TPSA) is 15.8 Å². The third kappa shape index (κ3) is 1.50. The van der Waals surface area contributed by atoms with Crippen molar-refractivity contribution in [3.8, 4) is 0 Å². The smallest absolute Gasteiger partial charge is 0.157 e. The van der Waals surface area contributed by atoms with Crippen molar-refractivity contribution in [2.75, 3.05) is 0 Å². The summed E-state index contributed by atoms with van der Waals surface area (Å²) in [6, 6.07) is 2.63. The van der Waals surface area contributed by atoms with Crippen LogP contribution in [0.1, 0.15) is 0 Å². The molecule has 0 saturated heterocycles. The summed E-state index contributed by atoms with van der Waals surface area (Å²) < 4.78 is 12.3. The van der Waals surface area contributed by atoms with Crippen molar-refractivity contribution >= 4 is 23.8 Å². The fourth-order valence-electron chi connectivity index (χ4n) is 0.432. The Kier molecular flexibility index (Phi) is 1.83. The summed E-state index contributed by atoms with van der Waals surface area (Å²) in [4.78, 5) is 2.44. The number of halogens is 2.